The third kappa shape index (κ3) is 5.80. The van der Waals surface area contributed by atoms with E-state index < -0.39 is 0 Å². The Balaban J connectivity index is 1.94. The Hall–Kier alpha value is -0.860. The highest BCUT2D eigenvalue weighted by atomic mass is 15.1. The summed E-state index contributed by atoms with van der Waals surface area (Å²) in [4.78, 5) is 2.62. The zero-order chi connectivity index (χ0) is 15.1. The normalized spacial score (nSPS) is 15.1. The highest BCUT2D eigenvalue weighted by molar-refractivity contribution is 5.27. The van der Waals surface area contributed by atoms with Crippen LogP contribution in [0.4, 0.5) is 0 Å². The topological polar surface area (TPSA) is 15.3 Å². The van der Waals surface area contributed by atoms with Crippen molar-refractivity contribution in [1.29, 1.82) is 0 Å². The maximum atomic E-state index is 3.65. The van der Waals surface area contributed by atoms with Gasteiger partial charge >= 0.3 is 0 Å². The van der Waals surface area contributed by atoms with E-state index in [2.05, 4.69) is 55.3 Å². The molecule has 1 fully saturated rings. The van der Waals surface area contributed by atoms with Gasteiger partial charge in [-0.3, -0.25) is 4.90 Å². The Morgan fingerprint density at radius 1 is 1.14 bits per heavy atom. The fourth-order valence-electron chi connectivity index (χ4n) is 2.73. The summed E-state index contributed by atoms with van der Waals surface area (Å²) in [6, 6.07) is 10.3. The maximum Gasteiger partial charge on any atom is 0.0239 e. The van der Waals surface area contributed by atoms with Crippen molar-refractivity contribution < 1.29 is 0 Å². The summed E-state index contributed by atoms with van der Waals surface area (Å²) in [5, 5.41) is 3.65. The van der Waals surface area contributed by atoms with E-state index in [1.54, 1.807) is 0 Å². The van der Waals surface area contributed by atoms with E-state index in [0.29, 0.717) is 6.04 Å². The molecule has 21 heavy (non-hydrogen) atoms. The summed E-state index contributed by atoms with van der Waals surface area (Å²) < 4.78 is 0. The second-order valence-electron chi connectivity index (χ2n) is 6.70. The number of nitrogens with zero attached hydrogens (tertiary/aromatic N) is 1. The lowest BCUT2D eigenvalue weighted by Gasteiger charge is -2.27. The average Bonchev–Trinajstić information content (AvgIpc) is 3.29. The molecule has 1 aromatic rings. The number of rotatable bonds is 10. The Bertz CT molecular complexity index is 410. The number of hydrogen-bond donors (Lipinski definition) is 1. The minimum atomic E-state index is 0.617. The number of benzene rings is 1. The molecule has 0 aromatic heterocycles. The van der Waals surface area contributed by atoms with Crippen molar-refractivity contribution in [3.05, 3.63) is 35.4 Å². The summed E-state index contributed by atoms with van der Waals surface area (Å²) in [6.07, 6.45) is 6.67. The molecule has 1 saturated carbocycles. The van der Waals surface area contributed by atoms with Crippen LogP contribution >= 0.6 is 0 Å². The molecule has 2 rings (SSSR count). The summed E-state index contributed by atoms with van der Waals surface area (Å²) in [5.74, 6) is 0. The highest BCUT2D eigenvalue weighted by Crippen LogP contribution is 2.21. The smallest absolute Gasteiger partial charge is 0.0239 e. The summed E-state index contributed by atoms with van der Waals surface area (Å²) >= 11 is 0. The van der Waals surface area contributed by atoms with Crippen LogP contribution in [-0.4, -0.2) is 23.5 Å². The van der Waals surface area contributed by atoms with Crippen LogP contribution in [0.15, 0.2) is 24.3 Å². The minimum Gasteiger partial charge on any atom is -0.310 e. The molecule has 1 aliphatic carbocycles. The van der Waals surface area contributed by atoms with Crippen LogP contribution in [0.2, 0.25) is 0 Å². The fourth-order valence-corrected chi connectivity index (χ4v) is 2.73. The quantitative estimate of drug-likeness (QED) is 0.644. The van der Waals surface area contributed by atoms with Gasteiger partial charge in [0.25, 0.3) is 0 Å². The zero-order valence-electron chi connectivity index (χ0n) is 14.1. The van der Waals surface area contributed by atoms with Gasteiger partial charge in [-0.15, -0.1) is 0 Å². The average molecular weight is 288 g/mol. The van der Waals surface area contributed by atoms with Crippen LogP contribution in [-0.2, 0) is 13.1 Å². The molecule has 0 amide bonds. The Morgan fingerprint density at radius 3 is 2.48 bits per heavy atom. The molecule has 0 heterocycles. The molecule has 2 nitrogen and oxygen atoms in total. The van der Waals surface area contributed by atoms with Crippen molar-refractivity contribution >= 4 is 0 Å². The van der Waals surface area contributed by atoms with E-state index in [1.807, 2.05) is 0 Å². The monoisotopic (exact) mass is 288 g/mol. The van der Waals surface area contributed by atoms with Crippen molar-refractivity contribution in [2.75, 3.05) is 6.54 Å². The molecule has 0 unspecified atom stereocenters. The van der Waals surface area contributed by atoms with Gasteiger partial charge in [-0.25, -0.2) is 0 Å². The first-order valence-corrected chi connectivity index (χ1v) is 8.75. The molecule has 0 spiro atoms. The number of unbranched alkanes of at least 4 members (excludes halogenated alkanes) is 2. The van der Waals surface area contributed by atoms with Gasteiger partial charge in [-0.2, -0.15) is 0 Å². The van der Waals surface area contributed by atoms with Crippen LogP contribution in [0, 0.1) is 0 Å². The van der Waals surface area contributed by atoms with Gasteiger partial charge in [0, 0.05) is 25.2 Å². The van der Waals surface area contributed by atoms with E-state index in [1.165, 1.54) is 49.8 Å². The summed E-state index contributed by atoms with van der Waals surface area (Å²) in [7, 11) is 0. The highest BCUT2D eigenvalue weighted by Gasteiger charge is 2.20. The molecule has 0 aliphatic heterocycles. The van der Waals surface area contributed by atoms with Gasteiger partial charge in [0.15, 0.2) is 0 Å². The predicted octanol–water partition coefficient (Wildman–Crippen LogP) is 4.34. The van der Waals surface area contributed by atoms with Crippen molar-refractivity contribution in [3.8, 4) is 0 Å². The van der Waals surface area contributed by atoms with E-state index in [0.717, 1.165) is 19.1 Å². The van der Waals surface area contributed by atoms with E-state index in [4.69, 9.17) is 0 Å². The zero-order valence-corrected chi connectivity index (χ0v) is 14.1. The molecule has 0 atom stereocenters. The van der Waals surface area contributed by atoms with Crippen LogP contribution in [0.1, 0.15) is 64.0 Å². The molecule has 0 radical (unpaired) electrons. The molecular formula is C19H32N2. The molecule has 0 saturated heterocycles. The lowest BCUT2D eigenvalue weighted by molar-refractivity contribution is 0.208. The van der Waals surface area contributed by atoms with Crippen molar-refractivity contribution in [1.82, 2.24) is 10.2 Å². The van der Waals surface area contributed by atoms with Gasteiger partial charge in [-0.1, -0.05) is 44.0 Å². The number of nitrogens with one attached hydrogen (secondary N) is 1. The van der Waals surface area contributed by atoms with Crippen LogP contribution in [0.5, 0.6) is 0 Å². The molecule has 118 valence electrons. The first kappa shape index (κ1) is 16.5. The van der Waals surface area contributed by atoms with Crippen LogP contribution in [0.25, 0.3) is 0 Å². The molecular weight excluding hydrogens is 256 g/mol. The van der Waals surface area contributed by atoms with Gasteiger partial charge < -0.3 is 5.32 Å². The molecule has 0 bridgehead atoms. The summed E-state index contributed by atoms with van der Waals surface area (Å²) in [6.45, 7) is 10.2. The van der Waals surface area contributed by atoms with E-state index in [-0.39, 0.29) is 0 Å². The van der Waals surface area contributed by atoms with Crippen molar-refractivity contribution in [2.24, 2.45) is 0 Å². The third-order valence-electron chi connectivity index (χ3n) is 4.43. The first-order chi connectivity index (χ1) is 10.2. The lowest BCUT2D eigenvalue weighted by atomic mass is 10.1. The Labute approximate surface area is 130 Å². The van der Waals surface area contributed by atoms with Crippen LogP contribution < -0.4 is 5.32 Å². The molecule has 1 N–H and O–H groups in total. The molecule has 1 aliphatic rings. The van der Waals surface area contributed by atoms with Crippen molar-refractivity contribution in [2.45, 2.75) is 78.0 Å². The van der Waals surface area contributed by atoms with E-state index in [9.17, 15) is 0 Å². The second kappa shape index (κ2) is 8.55. The molecule has 2 heteroatoms. The van der Waals surface area contributed by atoms with Gasteiger partial charge in [0.2, 0.25) is 0 Å². The van der Waals surface area contributed by atoms with Gasteiger partial charge in [0.1, 0.15) is 0 Å². The third-order valence-corrected chi connectivity index (χ3v) is 4.43. The standard InChI is InChI=1S/C19H32N2/c1-4-5-8-13-21(16(2)3)15-18-10-7-6-9-17(18)14-20-19-11-12-19/h6-7,9-10,16,19-20H,4-5,8,11-15H2,1-3H3. The fraction of sp³-hybridized carbons (Fsp3) is 0.684. The molecule has 1 aromatic carbocycles. The van der Waals surface area contributed by atoms with Crippen molar-refractivity contribution in [3.63, 3.8) is 0 Å². The summed E-state index contributed by atoms with van der Waals surface area (Å²) in [5.41, 5.74) is 2.97. The van der Waals surface area contributed by atoms with Crippen LogP contribution in [0.3, 0.4) is 0 Å². The number of hydrogen-bond acceptors (Lipinski definition) is 2. The largest absolute Gasteiger partial charge is 0.310 e. The lowest BCUT2D eigenvalue weighted by Crippen LogP contribution is -2.32. The Kier molecular flexibility index (Phi) is 6.72. The minimum absolute atomic E-state index is 0.617. The first-order valence-electron chi connectivity index (χ1n) is 8.75. The van der Waals surface area contributed by atoms with E-state index >= 15 is 0 Å². The van der Waals surface area contributed by atoms with Gasteiger partial charge in [0.05, 0.1) is 0 Å². The van der Waals surface area contributed by atoms with Gasteiger partial charge in [-0.05, 0) is 50.8 Å². The SMILES string of the molecule is CCCCCN(Cc1ccccc1CNC1CC1)C(C)C. The second-order valence-corrected chi connectivity index (χ2v) is 6.70. The Morgan fingerprint density at radius 2 is 1.86 bits per heavy atom. The predicted molar refractivity (Wildman–Crippen MR) is 91.4 cm³/mol. The maximum absolute atomic E-state index is 3.65.